The number of nitrogens with zero attached hydrogens (tertiary/aromatic N) is 3. The van der Waals surface area contributed by atoms with E-state index in [-0.39, 0.29) is 5.88 Å². The lowest BCUT2D eigenvalue weighted by Crippen LogP contribution is -2.17. The zero-order valence-electron chi connectivity index (χ0n) is 14.7. The summed E-state index contributed by atoms with van der Waals surface area (Å²) in [5.74, 6) is 0.00526. The number of nitrogens with one attached hydrogen (secondary N) is 2. The number of halogens is 3. The maximum absolute atomic E-state index is 12.6. The fraction of sp³-hybridized carbons (Fsp3) is 0.176. The van der Waals surface area contributed by atoms with Crippen LogP contribution in [0.3, 0.4) is 0 Å². The summed E-state index contributed by atoms with van der Waals surface area (Å²) in [6.07, 6.45) is -2.69. The number of hydrogen-bond donors (Lipinski definition) is 2. The van der Waals surface area contributed by atoms with E-state index >= 15 is 0 Å². The summed E-state index contributed by atoms with van der Waals surface area (Å²) in [4.78, 5) is 23.6. The Kier molecular flexibility index (Phi) is 5.45. The molecule has 0 fully saturated rings. The molecule has 3 aromatic rings. The Hall–Kier alpha value is -3.21. The minimum Gasteiger partial charge on any atom is -0.388 e. The lowest BCUT2D eigenvalue weighted by Gasteiger charge is -2.09. The number of alkyl halides is 3. The van der Waals surface area contributed by atoms with Crippen molar-refractivity contribution in [2.45, 2.75) is 20.0 Å². The van der Waals surface area contributed by atoms with Crippen LogP contribution in [0, 0.1) is 13.8 Å². The zero-order valence-corrected chi connectivity index (χ0v) is 15.5. The van der Waals surface area contributed by atoms with Crippen LogP contribution in [-0.2, 0) is 6.18 Å². The van der Waals surface area contributed by atoms with Crippen molar-refractivity contribution in [3.8, 4) is 5.88 Å². The number of amides is 1. The fourth-order valence-electron chi connectivity index (χ4n) is 2.18. The first-order chi connectivity index (χ1) is 13.2. The summed E-state index contributed by atoms with van der Waals surface area (Å²) in [6.45, 7) is 3.48. The molecule has 0 saturated heterocycles. The molecule has 2 N–H and O–H groups in total. The Morgan fingerprint density at radius 2 is 1.93 bits per heavy atom. The average molecular weight is 409 g/mol. The van der Waals surface area contributed by atoms with E-state index < -0.39 is 18.0 Å². The number of carbonyl (C=O) groups is 1. The highest BCUT2D eigenvalue weighted by atomic mass is 32.1. The van der Waals surface area contributed by atoms with Gasteiger partial charge in [-0.25, -0.2) is 14.8 Å². The topological polar surface area (TPSA) is 89.0 Å². The van der Waals surface area contributed by atoms with E-state index in [0.29, 0.717) is 21.4 Å². The van der Waals surface area contributed by atoms with Gasteiger partial charge in [0.15, 0.2) is 5.00 Å². The van der Waals surface area contributed by atoms with Gasteiger partial charge in [-0.05, 0) is 38.1 Å². The molecule has 0 radical (unpaired) electrons. The van der Waals surface area contributed by atoms with Crippen LogP contribution in [0.25, 0.3) is 0 Å². The minimum atomic E-state index is -4.52. The second-order valence-corrected chi connectivity index (χ2v) is 6.83. The van der Waals surface area contributed by atoms with Crippen molar-refractivity contribution in [2.75, 3.05) is 10.6 Å². The molecule has 0 aliphatic heterocycles. The molecule has 3 aromatic heterocycles. The van der Waals surface area contributed by atoms with Crippen LogP contribution < -0.4 is 15.4 Å². The molecule has 0 atom stereocenters. The third-order valence-electron chi connectivity index (χ3n) is 3.35. The van der Waals surface area contributed by atoms with Crippen LogP contribution in [-0.4, -0.2) is 21.0 Å². The molecule has 7 nitrogen and oxygen atoms in total. The zero-order chi connectivity index (χ0) is 20.3. The highest BCUT2D eigenvalue weighted by Gasteiger charge is 2.32. The predicted octanol–water partition coefficient (Wildman–Crippen LogP) is 4.92. The van der Waals surface area contributed by atoms with Gasteiger partial charge < -0.3 is 10.1 Å². The largest absolute Gasteiger partial charge is 0.433 e. The molecule has 3 rings (SSSR count). The van der Waals surface area contributed by atoms with E-state index in [9.17, 15) is 18.0 Å². The van der Waals surface area contributed by atoms with Gasteiger partial charge in [-0.3, -0.25) is 10.3 Å². The fourth-order valence-corrected chi connectivity index (χ4v) is 2.94. The summed E-state index contributed by atoms with van der Waals surface area (Å²) in [5.41, 5.74) is 0.527. The Morgan fingerprint density at radius 3 is 2.57 bits per heavy atom. The Balaban J connectivity index is 1.71. The van der Waals surface area contributed by atoms with Gasteiger partial charge in [0.1, 0.15) is 5.69 Å². The summed E-state index contributed by atoms with van der Waals surface area (Å²) >= 11 is 1.18. The summed E-state index contributed by atoms with van der Waals surface area (Å²) in [6, 6.07) is 5.36. The van der Waals surface area contributed by atoms with Gasteiger partial charge in [-0.2, -0.15) is 13.2 Å². The second kappa shape index (κ2) is 7.80. The highest BCUT2D eigenvalue weighted by molar-refractivity contribution is 7.16. The molecule has 0 saturated carbocycles. The van der Waals surface area contributed by atoms with Crippen molar-refractivity contribution in [2.24, 2.45) is 0 Å². The lowest BCUT2D eigenvalue weighted by molar-refractivity contribution is -0.141. The predicted molar refractivity (Wildman–Crippen MR) is 98.0 cm³/mol. The molecule has 0 aliphatic carbocycles. The van der Waals surface area contributed by atoms with E-state index in [1.165, 1.54) is 17.4 Å². The average Bonchev–Trinajstić information content (AvgIpc) is 2.93. The number of ether oxygens (including phenoxy) is 1. The minimum absolute atomic E-state index is 0.00526. The SMILES string of the molecule is Cc1cc(NC(=O)Oc2nc(C)sc2Nc2ccc(C(F)(F)F)nc2)ccn1. The number of anilines is 3. The van der Waals surface area contributed by atoms with E-state index in [0.717, 1.165) is 18.0 Å². The molecule has 11 heteroatoms. The monoisotopic (exact) mass is 409 g/mol. The first kappa shape index (κ1) is 19.5. The molecule has 1 amide bonds. The molecule has 0 aliphatic rings. The number of hydrogen-bond acceptors (Lipinski definition) is 7. The number of carbonyl (C=O) groups excluding carboxylic acids is 1. The van der Waals surface area contributed by atoms with E-state index in [2.05, 4.69) is 25.6 Å². The number of thiazole rings is 1. The smallest absolute Gasteiger partial charge is 0.388 e. The molecule has 3 heterocycles. The number of aromatic nitrogens is 3. The third kappa shape index (κ3) is 4.94. The normalized spacial score (nSPS) is 11.2. The number of rotatable bonds is 4. The van der Waals surface area contributed by atoms with Gasteiger partial charge in [0, 0.05) is 17.6 Å². The number of pyridine rings is 2. The van der Waals surface area contributed by atoms with Gasteiger partial charge in [-0.1, -0.05) is 11.3 Å². The molecule has 28 heavy (non-hydrogen) atoms. The van der Waals surface area contributed by atoms with Gasteiger partial charge in [0.05, 0.1) is 16.9 Å². The maximum Gasteiger partial charge on any atom is 0.433 e. The van der Waals surface area contributed by atoms with Crippen LogP contribution in [0.4, 0.5) is 34.3 Å². The van der Waals surface area contributed by atoms with Crippen LogP contribution in [0.15, 0.2) is 36.7 Å². The van der Waals surface area contributed by atoms with Crippen LogP contribution in [0.2, 0.25) is 0 Å². The molecule has 146 valence electrons. The first-order valence-electron chi connectivity index (χ1n) is 7.90. The standard InChI is InChI=1S/C17H14F3N5O2S/c1-9-7-11(5-6-21-9)25-16(26)27-14-15(28-10(2)23-14)24-12-3-4-13(22-8-12)17(18,19)20/h3-8,24H,1-2H3,(H,21,25,26). The van der Waals surface area contributed by atoms with Crippen molar-refractivity contribution < 1.29 is 22.7 Å². The van der Waals surface area contributed by atoms with E-state index in [1.54, 1.807) is 32.2 Å². The van der Waals surface area contributed by atoms with Crippen molar-refractivity contribution in [1.82, 2.24) is 15.0 Å². The van der Waals surface area contributed by atoms with Crippen LogP contribution in [0.5, 0.6) is 5.88 Å². The lowest BCUT2D eigenvalue weighted by atomic mass is 10.3. The highest BCUT2D eigenvalue weighted by Crippen LogP contribution is 2.34. The molecule has 0 unspecified atom stereocenters. The summed E-state index contributed by atoms with van der Waals surface area (Å²) in [7, 11) is 0. The third-order valence-corrected chi connectivity index (χ3v) is 4.21. The van der Waals surface area contributed by atoms with Crippen LogP contribution in [0.1, 0.15) is 16.4 Å². The van der Waals surface area contributed by atoms with E-state index in [4.69, 9.17) is 4.74 Å². The Morgan fingerprint density at radius 1 is 1.14 bits per heavy atom. The molecule has 0 spiro atoms. The van der Waals surface area contributed by atoms with Gasteiger partial charge in [-0.15, -0.1) is 0 Å². The second-order valence-electron chi connectivity index (χ2n) is 5.62. The molecule has 0 bridgehead atoms. The summed E-state index contributed by atoms with van der Waals surface area (Å²) in [5, 5.41) is 6.38. The molecular formula is C17H14F3N5O2S. The van der Waals surface area contributed by atoms with Gasteiger partial charge >= 0.3 is 12.3 Å². The quantitative estimate of drug-likeness (QED) is 0.636. The molecule has 0 aromatic carbocycles. The Bertz CT molecular complexity index is 989. The Labute approximate surface area is 161 Å². The van der Waals surface area contributed by atoms with Crippen molar-refractivity contribution >= 4 is 33.8 Å². The van der Waals surface area contributed by atoms with Crippen molar-refractivity contribution in [3.05, 3.63) is 53.1 Å². The van der Waals surface area contributed by atoms with Gasteiger partial charge in [0.2, 0.25) is 0 Å². The maximum atomic E-state index is 12.6. The van der Waals surface area contributed by atoms with Crippen LogP contribution >= 0.6 is 11.3 Å². The van der Waals surface area contributed by atoms with Crippen molar-refractivity contribution in [1.29, 1.82) is 0 Å². The summed E-state index contributed by atoms with van der Waals surface area (Å²) < 4.78 is 43.0. The number of aryl methyl sites for hydroxylation is 2. The molecular weight excluding hydrogens is 395 g/mol. The van der Waals surface area contributed by atoms with Gasteiger partial charge in [0.25, 0.3) is 5.88 Å². The van der Waals surface area contributed by atoms with E-state index in [1.807, 2.05) is 0 Å². The first-order valence-corrected chi connectivity index (χ1v) is 8.71. The van der Waals surface area contributed by atoms with Crippen molar-refractivity contribution in [3.63, 3.8) is 0 Å².